The molecule has 1 aromatic rings. The fourth-order valence-corrected chi connectivity index (χ4v) is 2.81. The number of rotatable bonds is 7. The fourth-order valence-electron chi connectivity index (χ4n) is 2.40. The van der Waals surface area contributed by atoms with Crippen LogP contribution in [0.3, 0.4) is 0 Å². The molecule has 1 aromatic carbocycles. The number of hydrazine groups is 1. The van der Waals surface area contributed by atoms with Crippen molar-refractivity contribution in [2.45, 2.75) is 38.3 Å². The van der Waals surface area contributed by atoms with Gasteiger partial charge in [-0.15, -0.1) is 0 Å². The Kier molecular flexibility index (Phi) is 5.33. The van der Waals surface area contributed by atoms with E-state index in [0.717, 1.165) is 4.47 Å². The van der Waals surface area contributed by atoms with Gasteiger partial charge in [0.2, 0.25) is 0 Å². The van der Waals surface area contributed by atoms with Crippen molar-refractivity contribution in [3.63, 3.8) is 0 Å². The van der Waals surface area contributed by atoms with Gasteiger partial charge in [0.1, 0.15) is 5.82 Å². The van der Waals surface area contributed by atoms with Crippen molar-refractivity contribution in [1.82, 2.24) is 5.43 Å². The van der Waals surface area contributed by atoms with Gasteiger partial charge >= 0.3 is 0 Å². The van der Waals surface area contributed by atoms with Crippen LogP contribution in [0.1, 0.15) is 25.3 Å². The van der Waals surface area contributed by atoms with E-state index in [2.05, 4.69) is 21.4 Å². The minimum absolute atomic E-state index is 0.0590. The Bertz CT molecular complexity index is 426. The molecule has 3 N–H and O–H groups in total. The highest BCUT2D eigenvalue weighted by Gasteiger charge is 2.37. The van der Waals surface area contributed by atoms with Gasteiger partial charge in [-0.2, -0.15) is 0 Å². The van der Waals surface area contributed by atoms with E-state index < -0.39 is 0 Å². The van der Waals surface area contributed by atoms with Crippen LogP contribution in [0, 0.1) is 11.7 Å². The molecule has 0 heterocycles. The Morgan fingerprint density at radius 1 is 1.53 bits per heavy atom. The molecule has 0 amide bonds. The number of hydrogen-bond acceptors (Lipinski definition) is 3. The predicted octanol–water partition coefficient (Wildman–Crippen LogP) is 2.78. The number of benzene rings is 1. The van der Waals surface area contributed by atoms with Crippen molar-refractivity contribution < 1.29 is 9.13 Å². The van der Waals surface area contributed by atoms with Crippen LogP contribution in [0.15, 0.2) is 22.7 Å². The molecule has 19 heavy (non-hydrogen) atoms. The van der Waals surface area contributed by atoms with Crippen molar-refractivity contribution in [3.05, 3.63) is 34.1 Å². The SMILES string of the molecule is CCOC(C1CC1)C(Cc1cc(Br)ccc1F)NN. The Labute approximate surface area is 121 Å². The Morgan fingerprint density at radius 3 is 2.84 bits per heavy atom. The second-order valence-electron chi connectivity index (χ2n) is 4.97. The number of halogens is 2. The topological polar surface area (TPSA) is 47.3 Å². The van der Waals surface area contributed by atoms with Crippen LogP contribution in [0.4, 0.5) is 4.39 Å². The van der Waals surface area contributed by atoms with Crippen molar-refractivity contribution in [3.8, 4) is 0 Å². The van der Waals surface area contributed by atoms with E-state index in [-0.39, 0.29) is 18.0 Å². The van der Waals surface area contributed by atoms with Crippen LogP contribution < -0.4 is 11.3 Å². The van der Waals surface area contributed by atoms with Gasteiger partial charge in [0.15, 0.2) is 0 Å². The molecule has 1 aliphatic carbocycles. The third kappa shape index (κ3) is 3.99. The summed E-state index contributed by atoms with van der Waals surface area (Å²) in [4.78, 5) is 0. The first kappa shape index (κ1) is 14.9. The summed E-state index contributed by atoms with van der Waals surface area (Å²) in [6.45, 7) is 2.63. The van der Waals surface area contributed by atoms with Gasteiger partial charge in [0, 0.05) is 11.1 Å². The van der Waals surface area contributed by atoms with Gasteiger partial charge in [0.25, 0.3) is 0 Å². The van der Waals surface area contributed by atoms with Gasteiger partial charge in [-0.3, -0.25) is 11.3 Å². The van der Waals surface area contributed by atoms with Crippen LogP contribution in [-0.2, 0) is 11.2 Å². The van der Waals surface area contributed by atoms with Gasteiger partial charge in [-0.1, -0.05) is 15.9 Å². The van der Waals surface area contributed by atoms with Crippen LogP contribution in [0.25, 0.3) is 0 Å². The molecule has 2 atom stereocenters. The van der Waals surface area contributed by atoms with E-state index in [1.54, 1.807) is 12.1 Å². The zero-order chi connectivity index (χ0) is 13.8. The maximum absolute atomic E-state index is 13.8. The largest absolute Gasteiger partial charge is 0.377 e. The molecule has 0 aromatic heterocycles. The standard InChI is InChI=1S/C14H20BrFN2O/c1-2-19-14(9-3-4-9)13(18-17)8-10-7-11(15)5-6-12(10)16/h5-7,9,13-14,18H,2-4,8,17H2,1H3. The second kappa shape index (κ2) is 6.79. The highest BCUT2D eigenvalue weighted by Crippen LogP contribution is 2.36. The molecule has 1 saturated carbocycles. The van der Waals surface area contributed by atoms with E-state index in [1.807, 2.05) is 6.92 Å². The fraction of sp³-hybridized carbons (Fsp3) is 0.571. The molecule has 0 bridgehead atoms. The summed E-state index contributed by atoms with van der Waals surface area (Å²) in [7, 11) is 0. The lowest BCUT2D eigenvalue weighted by Crippen LogP contribution is -2.47. The Balaban J connectivity index is 2.10. The molecule has 0 aliphatic heterocycles. The molecule has 1 aliphatic rings. The maximum Gasteiger partial charge on any atom is 0.126 e. The molecule has 0 radical (unpaired) electrons. The molecule has 5 heteroatoms. The lowest BCUT2D eigenvalue weighted by atomic mass is 9.98. The second-order valence-corrected chi connectivity index (χ2v) is 5.89. The molecular weight excluding hydrogens is 311 g/mol. The monoisotopic (exact) mass is 330 g/mol. The van der Waals surface area contributed by atoms with Gasteiger partial charge in [-0.25, -0.2) is 4.39 Å². The smallest absolute Gasteiger partial charge is 0.126 e. The van der Waals surface area contributed by atoms with Crippen LogP contribution >= 0.6 is 15.9 Å². The van der Waals surface area contributed by atoms with E-state index in [4.69, 9.17) is 10.6 Å². The zero-order valence-electron chi connectivity index (χ0n) is 11.0. The third-order valence-electron chi connectivity index (χ3n) is 3.50. The molecular formula is C14H20BrFN2O. The number of hydrogen-bond donors (Lipinski definition) is 2. The molecule has 2 rings (SSSR count). The van der Waals surface area contributed by atoms with E-state index >= 15 is 0 Å². The number of nitrogens with one attached hydrogen (secondary N) is 1. The molecule has 0 saturated heterocycles. The zero-order valence-corrected chi connectivity index (χ0v) is 12.6. The van der Waals surface area contributed by atoms with Crippen molar-refractivity contribution >= 4 is 15.9 Å². The number of ether oxygens (including phenoxy) is 1. The molecule has 3 nitrogen and oxygen atoms in total. The summed E-state index contributed by atoms with van der Waals surface area (Å²) in [6.07, 6.45) is 2.93. The molecule has 0 spiro atoms. The van der Waals surface area contributed by atoms with Gasteiger partial charge in [-0.05, 0) is 55.9 Å². The summed E-state index contributed by atoms with van der Waals surface area (Å²) in [5, 5.41) is 0. The quantitative estimate of drug-likeness (QED) is 0.597. The van der Waals surface area contributed by atoms with Gasteiger partial charge < -0.3 is 4.74 Å². The summed E-state index contributed by atoms with van der Waals surface area (Å²) in [6, 6.07) is 4.91. The van der Waals surface area contributed by atoms with Gasteiger partial charge in [0.05, 0.1) is 12.1 Å². The lowest BCUT2D eigenvalue weighted by Gasteiger charge is -2.26. The Morgan fingerprint density at radius 2 is 2.26 bits per heavy atom. The lowest BCUT2D eigenvalue weighted by molar-refractivity contribution is 0.0190. The summed E-state index contributed by atoms with van der Waals surface area (Å²) in [5.41, 5.74) is 3.45. The van der Waals surface area contributed by atoms with E-state index in [9.17, 15) is 4.39 Å². The van der Waals surface area contributed by atoms with Crippen LogP contribution in [0.5, 0.6) is 0 Å². The normalized spacial score (nSPS) is 18.3. The van der Waals surface area contributed by atoms with Crippen molar-refractivity contribution in [2.75, 3.05) is 6.61 Å². The summed E-state index contributed by atoms with van der Waals surface area (Å²) < 4.78 is 20.5. The first-order valence-electron chi connectivity index (χ1n) is 6.67. The summed E-state index contributed by atoms with van der Waals surface area (Å²) in [5.74, 6) is 5.99. The molecule has 1 fully saturated rings. The Hall–Kier alpha value is -0.490. The minimum atomic E-state index is -0.200. The average molecular weight is 331 g/mol. The first-order valence-corrected chi connectivity index (χ1v) is 7.46. The van der Waals surface area contributed by atoms with Crippen LogP contribution in [-0.4, -0.2) is 18.8 Å². The number of nitrogens with two attached hydrogens (primary N) is 1. The highest BCUT2D eigenvalue weighted by molar-refractivity contribution is 9.10. The van der Waals surface area contributed by atoms with Crippen molar-refractivity contribution in [1.29, 1.82) is 0 Å². The third-order valence-corrected chi connectivity index (χ3v) is 4.00. The predicted molar refractivity (Wildman–Crippen MR) is 77.1 cm³/mol. The average Bonchev–Trinajstić information content (AvgIpc) is 3.22. The first-order chi connectivity index (χ1) is 9.15. The molecule has 2 unspecified atom stereocenters. The van der Waals surface area contributed by atoms with E-state index in [0.29, 0.717) is 24.5 Å². The molecule has 106 valence electrons. The minimum Gasteiger partial charge on any atom is -0.377 e. The maximum atomic E-state index is 13.8. The summed E-state index contributed by atoms with van der Waals surface area (Å²) >= 11 is 3.37. The highest BCUT2D eigenvalue weighted by atomic mass is 79.9. The van der Waals surface area contributed by atoms with Crippen LogP contribution in [0.2, 0.25) is 0 Å². The van der Waals surface area contributed by atoms with Crippen molar-refractivity contribution in [2.24, 2.45) is 11.8 Å². The van der Waals surface area contributed by atoms with E-state index in [1.165, 1.54) is 18.9 Å².